The van der Waals surface area contributed by atoms with E-state index >= 15 is 0 Å². The summed E-state index contributed by atoms with van der Waals surface area (Å²) >= 11 is 0. The first-order valence-corrected chi connectivity index (χ1v) is 7.05. The predicted octanol–water partition coefficient (Wildman–Crippen LogP) is 3.89. The van der Waals surface area contributed by atoms with Crippen LogP contribution in [0.15, 0.2) is 24.3 Å². The number of amides is 1. The van der Waals surface area contributed by atoms with Crippen molar-refractivity contribution in [3.63, 3.8) is 0 Å². The molecule has 0 radical (unpaired) electrons. The molecular formula is C16H23NO. The highest BCUT2D eigenvalue weighted by Gasteiger charge is 2.47. The van der Waals surface area contributed by atoms with Gasteiger partial charge in [-0.3, -0.25) is 4.79 Å². The molecule has 1 atom stereocenters. The highest BCUT2D eigenvalue weighted by atomic mass is 16.2. The van der Waals surface area contributed by atoms with Crippen LogP contribution in [-0.4, -0.2) is 13.0 Å². The average Bonchev–Trinajstić information content (AvgIpc) is 2.61. The molecule has 1 unspecified atom stereocenters. The molecule has 1 aliphatic rings. The van der Waals surface area contributed by atoms with Gasteiger partial charge in [0.2, 0.25) is 5.91 Å². The molecule has 1 aromatic rings. The van der Waals surface area contributed by atoms with E-state index in [0.29, 0.717) is 5.91 Å². The number of hydrogen-bond acceptors (Lipinski definition) is 1. The first kappa shape index (κ1) is 13.1. The number of benzene rings is 1. The molecule has 0 spiro atoms. The molecule has 0 saturated carbocycles. The van der Waals surface area contributed by atoms with Gasteiger partial charge in [0.1, 0.15) is 0 Å². The number of anilines is 1. The molecule has 1 aromatic carbocycles. The Kier molecular flexibility index (Phi) is 3.74. The second-order valence-electron chi connectivity index (χ2n) is 5.32. The van der Waals surface area contributed by atoms with E-state index in [1.807, 2.05) is 18.0 Å². The predicted molar refractivity (Wildman–Crippen MR) is 76.0 cm³/mol. The van der Waals surface area contributed by atoms with Crippen LogP contribution in [0, 0.1) is 0 Å². The van der Waals surface area contributed by atoms with E-state index in [9.17, 15) is 4.79 Å². The standard InChI is InChI=1S/C16H23NO/c1-4-6-12-16(11-5-2)13-9-7-8-10-14(13)17(3)15(16)18/h7-10H,4-6,11-12H2,1-3H3. The van der Waals surface area contributed by atoms with Gasteiger partial charge in [0.15, 0.2) is 0 Å². The molecule has 0 aliphatic carbocycles. The number of hydrogen-bond donors (Lipinski definition) is 0. The zero-order valence-corrected chi connectivity index (χ0v) is 11.7. The van der Waals surface area contributed by atoms with Crippen molar-refractivity contribution in [2.24, 2.45) is 0 Å². The lowest BCUT2D eigenvalue weighted by Crippen LogP contribution is -2.38. The summed E-state index contributed by atoms with van der Waals surface area (Å²) in [7, 11) is 1.91. The normalized spacial score (nSPS) is 22.4. The monoisotopic (exact) mass is 245 g/mol. The van der Waals surface area contributed by atoms with Crippen LogP contribution in [0.5, 0.6) is 0 Å². The highest BCUT2D eigenvalue weighted by molar-refractivity contribution is 6.07. The van der Waals surface area contributed by atoms with Crippen LogP contribution in [-0.2, 0) is 10.2 Å². The maximum absolute atomic E-state index is 12.7. The van der Waals surface area contributed by atoms with Crippen LogP contribution in [0.2, 0.25) is 0 Å². The van der Waals surface area contributed by atoms with Crippen molar-refractivity contribution >= 4 is 11.6 Å². The van der Waals surface area contributed by atoms with Crippen LogP contribution < -0.4 is 4.90 Å². The summed E-state index contributed by atoms with van der Waals surface area (Å²) in [6.07, 6.45) is 5.26. The van der Waals surface area contributed by atoms with Crippen molar-refractivity contribution in [3.05, 3.63) is 29.8 Å². The zero-order chi connectivity index (χ0) is 13.2. The molecule has 18 heavy (non-hydrogen) atoms. The van der Waals surface area contributed by atoms with E-state index in [4.69, 9.17) is 0 Å². The first-order valence-electron chi connectivity index (χ1n) is 7.05. The van der Waals surface area contributed by atoms with Crippen LogP contribution in [0.3, 0.4) is 0 Å². The van der Waals surface area contributed by atoms with Gasteiger partial charge in [-0.15, -0.1) is 0 Å². The van der Waals surface area contributed by atoms with Gasteiger partial charge in [-0.2, -0.15) is 0 Å². The summed E-state index contributed by atoms with van der Waals surface area (Å²) < 4.78 is 0. The largest absolute Gasteiger partial charge is 0.314 e. The number of nitrogens with zero attached hydrogens (tertiary/aromatic N) is 1. The van der Waals surface area contributed by atoms with Crippen molar-refractivity contribution in [3.8, 4) is 0 Å². The summed E-state index contributed by atoms with van der Waals surface area (Å²) in [4.78, 5) is 14.6. The third-order valence-corrected chi connectivity index (χ3v) is 4.13. The topological polar surface area (TPSA) is 20.3 Å². The van der Waals surface area contributed by atoms with Gasteiger partial charge in [-0.25, -0.2) is 0 Å². The molecule has 98 valence electrons. The van der Waals surface area contributed by atoms with Crippen LogP contribution in [0.25, 0.3) is 0 Å². The SMILES string of the molecule is CCCCC1(CCC)C(=O)N(C)c2ccccc21. The van der Waals surface area contributed by atoms with Gasteiger partial charge < -0.3 is 4.90 Å². The molecule has 0 N–H and O–H groups in total. The van der Waals surface area contributed by atoms with Gasteiger partial charge in [0.05, 0.1) is 5.41 Å². The molecule has 0 bridgehead atoms. The van der Waals surface area contributed by atoms with E-state index in [1.54, 1.807) is 0 Å². The lowest BCUT2D eigenvalue weighted by molar-refractivity contribution is -0.123. The number of fused-ring (bicyclic) bond motifs is 1. The molecule has 2 rings (SSSR count). The number of unbranched alkanes of at least 4 members (excludes halogenated alkanes) is 1. The van der Waals surface area contributed by atoms with E-state index in [0.717, 1.165) is 37.8 Å². The molecule has 0 fully saturated rings. The van der Waals surface area contributed by atoms with Gasteiger partial charge >= 0.3 is 0 Å². The number of para-hydroxylation sites is 1. The Morgan fingerprint density at radius 3 is 2.50 bits per heavy atom. The molecule has 1 heterocycles. The first-order chi connectivity index (χ1) is 8.67. The van der Waals surface area contributed by atoms with E-state index < -0.39 is 0 Å². The quantitative estimate of drug-likeness (QED) is 0.770. The Bertz CT molecular complexity index is 440. The molecule has 1 aliphatic heterocycles. The minimum absolute atomic E-state index is 0.254. The van der Waals surface area contributed by atoms with Crippen LogP contribution in [0.1, 0.15) is 51.5 Å². The van der Waals surface area contributed by atoms with Crippen molar-refractivity contribution < 1.29 is 4.79 Å². The van der Waals surface area contributed by atoms with Crippen molar-refractivity contribution in [1.82, 2.24) is 0 Å². The number of rotatable bonds is 5. The molecule has 0 saturated heterocycles. The summed E-state index contributed by atoms with van der Waals surface area (Å²) in [6.45, 7) is 4.36. The Morgan fingerprint density at radius 1 is 1.11 bits per heavy atom. The summed E-state index contributed by atoms with van der Waals surface area (Å²) in [5, 5.41) is 0. The number of likely N-dealkylation sites (N-methyl/N-ethyl adjacent to an activating group) is 1. The summed E-state index contributed by atoms with van der Waals surface area (Å²) in [6, 6.07) is 8.28. The minimum Gasteiger partial charge on any atom is -0.314 e. The van der Waals surface area contributed by atoms with Gasteiger partial charge in [0.25, 0.3) is 0 Å². The Hall–Kier alpha value is -1.31. The van der Waals surface area contributed by atoms with Crippen LogP contribution in [0.4, 0.5) is 5.69 Å². The molecule has 1 amide bonds. The fraction of sp³-hybridized carbons (Fsp3) is 0.562. The maximum atomic E-state index is 12.7. The Labute approximate surface area is 110 Å². The number of carbonyl (C=O) groups is 1. The molecule has 2 nitrogen and oxygen atoms in total. The van der Waals surface area contributed by atoms with E-state index in [-0.39, 0.29) is 5.41 Å². The molecular weight excluding hydrogens is 222 g/mol. The Balaban J connectivity index is 2.48. The van der Waals surface area contributed by atoms with Crippen molar-refractivity contribution in [1.29, 1.82) is 0 Å². The molecule has 2 heteroatoms. The highest BCUT2D eigenvalue weighted by Crippen LogP contribution is 2.46. The van der Waals surface area contributed by atoms with Gasteiger partial charge in [-0.1, -0.05) is 51.3 Å². The van der Waals surface area contributed by atoms with Crippen molar-refractivity contribution in [2.45, 2.75) is 51.4 Å². The number of carbonyl (C=O) groups excluding carboxylic acids is 1. The zero-order valence-electron chi connectivity index (χ0n) is 11.7. The average molecular weight is 245 g/mol. The van der Waals surface area contributed by atoms with Crippen molar-refractivity contribution in [2.75, 3.05) is 11.9 Å². The Morgan fingerprint density at radius 2 is 1.83 bits per heavy atom. The second-order valence-corrected chi connectivity index (χ2v) is 5.32. The van der Waals surface area contributed by atoms with E-state index in [1.165, 1.54) is 5.56 Å². The van der Waals surface area contributed by atoms with E-state index in [2.05, 4.69) is 32.0 Å². The summed E-state index contributed by atoms with van der Waals surface area (Å²) in [5.41, 5.74) is 2.09. The third-order valence-electron chi connectivity index (χ3n) is 4.13. The smallest absolute Gasteiger partial charge is 0.237 e. The fourth-order valence-corrected chi connectivity index (χ4v) is 3.23. The third kappa shape index (κ3) is 1.84. The maximum Gasteiger partial charge on any atom is 0.237 e. The van der Waals surface area contributed by atoms with Crippen LogP contribution >= 0.6 is 0 Å². The minimum atomic E-state index is -0.254. The summed E-state index contributed by atoms with van der Waals surface area (Å²) in [5.74, 6) is 0.291. The van der Waals surface area contributed by atoms with Gasteiger partial charge in [0, 0.05) is 12.7 Å². The second kappa shape index (κ2) is 5.13. The fourth-order valence-electron chi connectivity index (χ4n) is 3.23. The lowest BCUT2D eigenvalue weighted by atomic mass is 9.74. The van der Waals surface area contributed by atoms with Gasteiger partial charge in [-0.05, 0) is 24.5 Å². The lowest BCUT2D eigenvalue weighted by Gasteiger charge is -2.28. The molecule has 0 aromatic heterocycles.